The molecule has 0 saturated carbocycles. The molecule has 0 aromatic rings. The van der Waals surface area contributed by atoms with Gasteiger partial charge < -0.3 is 0 Å². The molecule has 0 aromatic carbocycles. The maximum Gasteiger partial charge on any atom is -0.0683 e. The van der Waals surface area contributed by atoms with Crippen LogP contribution in [0.15, 0.2) is 0 Å². The Kier molecular flexibility index (Phi) is 0. The first-order valence-corrected chi connectivity index (χ1v) is 4.00. The maximum absolute atomic E-state index is 2.00. The third-order valence-electron chi connectivity index (χ3n) is 0. The van der Waals surface area contributed by atoms with Crippen molar-refractivity contribution in [2.75, 3.05) is 0 Å². The van der Waals surface area contributed by atoms with Gasteiger partial charge in [-0.05, 0) is 0 Å². The minimum absolute atomic E-state index is 0. The fraction of sp³-hybridized carbons (Fsp3) is 1.00. The molecule has 80 valence electrons. The Morgan fingerprint density at radius 1 is 0.273 bits per heavy atom. The summed E-state index contributed by atoms with van der Waals surface area (Å²) in [5.74, 6) is 0. The van der Waals surface area contributed by atoms with Gasteiger partial charge in [0.25, 0.3) is 0 Å². The van der Waals surface area contributed by atoms with Crippen molar-refractivity contribution in [2.24, 2.45) is 0 Å². The quantitative estimate of drug-likeness (QED) is 0.415. The van der Waals surface area contributed by atoms with Crippen LogP contribution in [0, 0.1) is 0 Å². The summed E-state index contributed by atoms with van der Waals surface area (Å²) in [6.45, 7) is 16.0. The molecule has 0 amide bonds. The second-order valence-electron chi connectivity index (χ2n) is 0. The molecule has 0 fully saturated rings. The van der Waals surface area contributed by atoms with E-state index in [9.17, 15) is 0 Å². The smallest absolute Gasteiger partial charge is 0.0683 e. The van der Waals surface area contributed by atoms with Crippen LogP contribution in [0.5, 0.6) is 0 Å². The van der Waals surface area contributed by atoms with E-state index in [0.717, 1.165) is 0 Å². The molecule has 0 heteroatoms. The van der Waals surface area contributed by atoms with Crippen LogP contribution >= 0.6 is 0 Å². The predicted molar refractivity (Wildman–Crippen MR) is 65.6 cm³/mol. The standard InChI is InChI=1S/4C2H6.3CH4/c4*1-2;;;/h4*1-2H3;3*1H4. The van der Waals surface area contributed by atoms with E-state index in [4.69, 9.17) is 0 Å². The Balaban J connectivity index is -0.00000000356. The summed E-state index contributed by atoms with van der Waals surface area (Å²) in [6, 6.07) is 0. The maximum atomic E-state index is 2.00. The molecule has 0 spiro atoms. The Labute approximate surface area is 78.4 Å². The fourth-order valence-corrected chi connectivity index (χ4v) is 0. The van der Waals surface area contributed by atoms with Gasteiger partial charge in [-0.25, -0.2) is 0 Å². The molecular weight excluding hydrogens is 132 g/mol. The zero-order valence-corrected chi connectivity index (χ0v) is 8.00. The SMILES string of the molecule is C.C.C.CC.CC.CC.CC. The molecule has 0 N–H and O–H groups in total. The summed E-state index contributed by atoms with van der Waals surface area (Å²) in [7, 11) is 0. The summed E-state index contributed by atoms with van der Waals surface area (Å²) in [5, 5.41) is 0. The largest absolute Gasteiger partial charge is 0.0776 e. The van der Waals surface area contributed by atoms with Gasteiger partial charge in [-0.15, -0.1) is 0 Å². The average molecular weight is 168 g/mol. The van der Waals surface area contributed by atoms with E-state index in [1.54, 1.807) is 0 Å². The van der Waals surface area contributed by atoms with E-state index in [-0.39, 0.29) is 22.3 Å². The monoisotopic (exact) mass is 168 g/mol. The van der Waals surface area contributed by atoms with E-state index in [2.05, 4.69) is 0 Å². The van der Waals surface area contributed by atoms with Crippen LogP contribution in [0.3, 0.4) is 0 Å². The molecule has 0 heterocycles. The molecule has 0 saturated heterocycles. The van der Waals surface area contributed by atoms with Crippen LogP contribution in [-0.4, -0.2) is 0 Å². The fourth-order valence-electron chi connectivity index (χ4n) is 0. The van der Waals surface area contributed by atoms with Crippen LogP contribution in [0.4, 0.5) is 0 Å². The molecular formula is C11H36. The molecule has 0 aliphatic heterocycles. The van der Waals surface area contributed by atoms with E-state index in [1.807, 2.05) is 55.4 Å². The molecule has 0 atom stereocenters. The lowest BCUT2D eigenvalue weighted by atomic mass is 11.0. The van der Waals surface area contributed by atoms with E-state index < -0.39 is 0 Å². The Morgan fingerprint density at radius 2 is 0.273 bits per heavy atom. The van der Waals surface area contributed by atoms with Gasteiger partial charge in [-0.3, -0.25) is 0 Å². The van der Waals surface area contributed by atoms with Gasteiger partial charge in [-0.1, -0.05) is 77.7 Å². The minimum atomic E-state index is 0. The zero-order valence-electron chi connectivity index (χ0n) is 8.00. The summed E-state index contributed by atoms with van der Waals surface area (Å²) in [5.41, 5.74) is 0. The second-order valence-corrected chi connectivity index (χ2v) is 0. The van der Waals surface area contributed by atoms with Crippen molar-refractivity contribution in [3.63, 3.8) is 0 Å². The molecule has 0 nitrogen and oxygen atoms in total. The van der Waals surface area contributed by atoms with Crippen LogP contribution in [0.2, 0.25) is 0 Å². The lowest BCUT2D eigenvalue weighted by molar-refractivity contribution is 1.50. The van der Waals surface area contributed by atoms with Crippen LogP contribution in [0.25, 0.3) is 0 Å². The van der Waals surface area contributed by atoms with Gasteiger partial charge >= 0.3 is 0 Å². The molecule has 0 aromatic heterocycles. The normalized spacial score (nSPS) is 2.18. The van der Waals surface area contributed by atoms with E-state index in [1.165, 1.54) is 0 Å². The zero-order chi connectivity index (χ0) is 8.00. The number of hydrogen-bond acceptors (Lipinski definition) is 0. The lowest BCUT2D eigenvalue weighted by Crippen LogP contribution is -0.856. The van der Waals surface area contributed by atoms with Gasteiger partial charge in [0.05, 0.1) is 0 Å². The molecule has 0 unspecified atom stereocenters. The second kappa shape index (κ2) is 0. The Bertz CT molecular complexity index is 0. The third kappa shape index (κ3) is 0. The number of rotatable bonds is 0. The molecule has 0 rings (SSSR count). The number of hydrogen-bond donors (Lipinski definition) is 0. The third-order valence-corrected chi connectivity index (χ3v) is 0. The molecule has 0 aliphatic rings. The van der Waals surface area contributed by atoms with Gasteiger partial charge in [-0.2, -0.15) is 0 Å². The van der Waals surface area contributed by atoms with E-state index >= 15 is 0 Å². The summed E-state index contributed by atoms with van der Waals surface area (Å²) >= 11 is 0. The van der Waals surface area contributed by atoms with Gasteiger partial charge in [0.15, 0.2) is 0 Å². The Hall–Kier alpha value is 0. The van der Waals surface area contributed by atoms with Crippen LogP contribution < -0.4 is 0 Å². The highest BCUT2D eigenvalue weighted by Crippen LogP contribution is 1.15. The van der Waals surface area contributed by atoms with Crippen LogP contribution in [-0.2, 0) is 0 Å². The highest BCUT2D eigenvalue weighted by atomic mass is 13.0. The first-order valence-electron chi connectivity index (χ1n) is 4.00. The topological polar surface area (TPSA) is 0 Å². The van der Waals surface area contributed by atoms with Crippen molar-refractivity contribution in [3.8, 4) is 0 Å². The first kappa shape index (κ1) is 68.8. The molecule has 0 radical (unpaired) electrons. The summed E-state index contributed by atoms with van der Waals surface area (Å²) in [4.78, 5) is 0. The van der Waals surface area contributed by atoms with Crippen molar-refractivity contribution >= 4 is 0 Å². The van der Waals surface area contributed by atoms with E-state index in [0.29, 0.717) is 0 Å². The highest BCUT2D eigenvalue weighted by molar-refractivity contribution is 3.51. The molecule has 11 heavy (non-hydrogen) atoms. The van der Waals surface area contributed by atoms with Crippen molar-refractivity contribution in [1.29, 1.82) is 0 Å². The molecule has 0 aliphatic carbocycles. The van der Waals surface area contributed by atoms with Crippen molar-refractivity contribution in [3.05, 3.63) is 0 Å². The lowest BCUT2D eigenvalue weighted by Gasteiger charge is -1.07. The summed E-state index contributed by atoms with van der Waals surface area (Å²) < 4.78 is 0. The van der Waals surface area contributed by atoms with Crippen LogP contribution in [0.1, 0.15) is 77.7 Å². The van der Waals surface area contributed by atoms with Gasteiger partial charge in [0, 0.05) is 0 Å². The van der Waals surface area contributed by atoms with Crippen molar-refractivity contribution < 1.29 is 0 Å². The summed E-state index contributed by atoms with van der Waals surface area (Å²) in [6.07, 6.45) is 0. The molecule has 0 bridgehead atoms. The first-order chi connectivity index (χ1) is 4.00. The Morgan fingerprint density at radius 3 is 0.273 bits per heavy atom. The van der Waals surface area contributed by atoms with Crippen molar-refractivity contribution in [2.45, 2.75) is 77.7 Å². The average Bonchev–Trinajstić information content (AvgIpc) is 2.03. The van der Waals surface area contributed by atoms with Gasteiger partial charge in [0.2, 0.25) is 0 Å². The minimum Gasteiger partial charge on any atom is -0.0776 e. The van der Waals surface area contributed by atoms with Gasteiger partial charge in [0.1, 0.15) is 0 Å². The highest BCUT2D eigenvalue weighted by Gasteiger charge is 0.938. The van der Waals surface area contributed by atoms with Crippen molar-refractivity contribution in [1.82, 2.24) is 0 Å². The predicted octanol–water partition coefficient (Wildman–Crippen LogP) is 6.01.